The van der Waals surface area contributed by atoms with Crippen LogP contribution in [0.15, 0.2) is 102 Å². The number of ether oxygens (including phenoxy) is 3. The van der Waals surface area contributed by atoms with Crippen LogP contribution in [0.2, 0.25) is 0 Å². The van der Waals surface area contributed by atoms with E-state index in [4.69, 9.17) is 14.2 Å². The molecule has 1 aliphatic rings. The normalized spacial score (nSPS) is 12.5. The van der Waals surface area contributed by atoms with Gasteiger partial charge in [-0.3, -0.25) is 19.8 Å². The number of fused-ring (bicyclic) bond motifs is 3. The lowest BCUT2D eigenvalue weighted by Gasteiger charge is -2.22. The quantitative estimate of drug-likeness (QED) is 0.0812. The molecule has 0 heterocycles. The largest absolute Gasteiger partial charge is 0.461 e. The van der Waals surface area contributed by atoms with Crippen LogP contribution in [0, 0.1) is 0 Å². The Morgan fingerprint density at radius 3 is 1.96 bits per heavy atom. The molecule has 0 unspecified atom stereocenters. The summed E-state index contributed by atoms with van der Waals surface area (Å²) in [5, 5.41) is 2.40. The van der Waals surface area contributed by atoms with Crippen LogP contribution < -0.4 is 16.2 Å². The number of benzene rings is 4. The first kappa shape index (κ1) is 36.8. The Kier molecular flexibility index (Phi) is 11.9. The summed E-state index contributed by atoms with van der Waals surface area (Å²) in [6, 6.07) is 28.7. The molecule has 11 nitrogen and oxygen atoms in total. The molecule has 1 atom stereocenters. The smallest absolute Gasteiger partial charge is 0.426 e. The second kappa shape index (κ2) is 16.5. The second-order valence-electron chi connectivity index (χ2n) is 12.9. The van der Waals surface area contributed by atoms with Gasteiger partial charge in [-0.25, -0.2) is 15.0 Å². The van der Waals surface area contributed by atoms with Gasteiger partial charge in [0, 0.05) is 22.4 Å². The minimum atomic E-state index is -1.29. The van der Waals surface area contributed by atoms with E-state index >= 15 is 0 Å². The summed E-state index contributed by atoms with van der Waals surface area (Å²) in [6.45, 7) is 4.98. The fourth-order valence-electron chi connectivity index (χ4n) is 5.61. The lowest BCUT2D eigenvalue weighted by molar-refractivity contribution is -0.163. The van der Waals surface area contributed by atoms with Crippen molar-refractivity contribution in [1.29, 1.82) is 0 Å². The number of rotatable bonds is 10. The highest BCUT2D eigenvalue weighted by atomic mass is 79.9. The lowest BCUT2D eigenvalue weighted by Crippen LogP contribution is -2.54. The third-order valence-electron chi connectivity index (χ3n) is 8.00. The highest BCUT2D eigenvalue weighted by molar-refractivity contribution is 9.10. The Bertz CT molecular complexity index is 1880. The highest BCUT2D eigenvalue weighted by Gasteiger charge is 2.31. The van der Waals surface area contributed by atoms with E-state index in [2.05, 4.69) is 32.1 Å². The SMILES string of the molecule is CC(C)(C)OC(=O)C(=O)N[C@@H](Cc1ccc(CC(=O)OCc2ccccc2Br)cc1)C(=O)NNC(=O)OCC1c2ccccc2-c2ccccc21. The molecule has 264 valence electrons. The van der Waals surface area contributed by atoms with Gasteiger partial charge in [0.2, 0.25) is 0 Å². The number of hydrazine groups is 1. The Hall–Kier alpha value is -5.49. The van der Waals surface area contributed by atoms with Gasteiger partial charge in [0.05, 0.1) is 6.42 Å². The minimum absolute atomic E-state index is 0.0219. The first-order valence-electron chi connectivity index (χ1n) is 16.3. The number of carbonyl (C=O) groups is 5. The minimum Gasteiger partial charge on any atom is -0.461 e. The molecule has 0 radical (unpaired) electrons. The molecule has 0 saturated heterocycles. The molecule has 12 heteroatoms. The summed E-state index contributed by atoms with van der Waals surface area (Å²) in [5.41, 5.74) is 9.91. The summed E-state index contributed by atoms with van der Waals surface area (Å²) >= 11 is 3.43. The molecule has 5 rings (SSSR count). The Morgan fingerprint density at radius 2 is 1.33 bits per heavy atom. The summed E-state index contributed by atoms with van der Waals surface area (Å²) in [6.07, 6.45) is -0.938. The average molecular weight is 757 g/mol. The van der Waals surface area contributed by atoms with Crippen LogP contribution in [0.3, 0.4) is 0 Å². The maximum absolute atomic E-state index is 13.3. The van der Waals surface area contributed by atoms with Gasteiger partial charge in [-0.05, 0) is 60.2 Å². The molecule has 4 aromatic carbocycles. The topological polar surface area (TPSA) is 149 Å². The van der Waals surface area contributed by atoms with Crippen molar-refractivity contribution in [3.05, 3.63) is 129 Å². The summed E-state index contributed by atoms with van der Waals surface area (Å²) < 4.78 is 16.9. The molecule has 1 aliphatic carbocycles. The predicted molar refractivity (Wildman–Crippen MR) is 192 cm³/mol. The van der Waals surface area contributed by atoms with Gasteiger partial charge in [0.15, 0.2) is 0 Å². The van der Waals surface area contributed by atoms with Crippen LogP contribution >= 0.6 is 15.9 Å². The van der Waals surface area contributed by atoms with Gasteiger partial charge in [-0.2, -0.15) is 0 Å². The van der Waals surface area contributed by atoms with E-state index in [1.54, 1.807) is 45.0 Å². The molecule has 0 saturated carbocycles. The molecule has 0 aliphatic heterocycles. The van der Waals surface area contributed by atoms with Crippen molar-refractivity contribution in [2.45, 2.75) is 57.8 Å². The van der Waals surface area contributed by atoms with Crippen LogP contribution in [0.25, 0.3) is 11.1 Å². The number of nitrogens with one attached hydrogen (secondary N) is 3. The van der Waals surface area contributed by atoms with E-state index in [1.165, 1.54) is 0 Å². The maximum atomic E-state index is 13.3. The van der Waals surface area contributed by atoms with Crippen molar-refractivity contribution >= 4 is 45.8 Å². The number of amides is 3. The zero-order valence-electron chi connectivity index (χ0n) is 28.4. The molecule has 0 fully saturated rings. The lowest BCUT2D eigenvalue weighted by atomic mass is 9.98. The monoisotopic (exact) mass is 755 g/mol. The van der Waals surface area contributed by atoms with Gasteiger partial charge < -0.3 is 19.5 Å². The van der Waals surface area contributed by atoms with Crippen molar-refractivity contribution in [3.63, 3.8) is 0 Å². The molecular weight excluding hydrogens is 718 g/mol. The third-order valence-corrected chi connectivity index (χ3v) is 8.77. The molecular formula is C39H38BrN3O8. The van der Waals surface area contributed by atoms with Gasteiger partial charge >= 0.3 is 23.9 Å². The van der Waals surface area contributed by atoms with Crippen LogP contribution in [-0.2, 0) is 52.8 Å². The van der Waals surface area contributed by atoms with E-state index < -0.39 is 41.5 Å². The number of carbonyl (C=O) groups excluding carboxylic acids is 5. The van der Waals surface area contributed by atoms with Gasteiger partial charge in [0.1, 0.15) is 24.9 Å². The number of hydrogen-bond donors (Lipinski definition) is 3. The molecule has 51 heavy (non-hydrogen) atoms. The summed E-state index contributed by atoms with van der Waals surface area (Å²) in [7, 11) is 0. The number of halogens is 1. The molecule has 0 aromatic heterocycles. The molecule has 3 N–H and O–H groups in total. The fraction of sp³-hybridized carbons (Fsp3) is 0.256. The Balaban J connectivity index is 1.18. The fourth-order valence-corrected chi connectivity index (χ4v) is 6.00. The van der Waals surface area contributed by atoms with Gasteiger partial charge in [-0.1, -0.05) is 107 Å². The molecule has 4 aromatic rings. The van der Waals surface area contributed by atoms with Crippen molar-refractivity contribution in [1.82, 2.24) is 16.2 Å². The van der Waals surface area contributed by atoms with Crippen LogP contribution in [0.1, 0.15) is 54.5 Å². The predicted octanol–water partition coefficient (Wildman–Crippen LogP) is 5.67. The standard InChI is InChI=1S/C39H38BrN3O8/c1-39(2,3)51-37(47)36(46)41-33(20-24-16-18-25(19-17-24)21-34(44)49-22-26-10-4-9-15-32(26)40)35(45)42-43-38(48)50-23-31-29-13-7-5-11-27(29)28-12-6-8-14-30(28)31/h4-19,31,33H,20-23H2,1-3H3,(H,41,46)(H,42,45)(H,43,48)/t33-/m0/s1. The van der Waals surface area contributed by atoms with Gasteiger partial charge in [-0.15, -0.1) is 0 Å². The summed E-state index contributed by atoms with van der Waals surface area (Å²) in [4.78, 5) is 63.6. The van der Waals surface area contributed by atoms with E-state index in [0.29, 0.717) is 11.1 Å². The third kappa shape index (κ3) is 10.0. The van der Waals surface area contributed by atoms with E-state index in [-0.39, 0.29) is 32.0 Å². The van der Waals surface area contributed by atoms with E-state index in [9.17, 15) is 24.0 Å². The molecule has 3 amide bonds. The second-order valence-corrected chi connectivity index (χ2v) is 13.8. The Morgan fingerprint density at radius 1 is 0.745 bits per heavy atom. The zero-order valence-corrected chi connectivity index (χ0v) is 30.0. The van der Waals surface area contributed by atoms with Crippen molar-refractivity contribution in [2.75, 3.05) is 6.61 Å². The van der Waals surface area contributed by atoms with Crippen LogP contribution in [-0.4, -0.2) is 48.1 Å². The van der Waals surface area contributed by atoms with Crippen molar-refractivity contribution < 1.29 is 38.2 Å². The number of hydrogen-bond acceptors (Lipinski definition) is 8. The highest BCUT2D eigenvalue weighted by Crippen LogP contribution is 2.44. The molecule has 0 spiro atoms. The average Bonchev–Trinajstić information content (AvgIpc) is 3.42. The Labute approximate surface area is 304 Å². The van der Waals surface area contributed by atoms with Crippen molar-refractivity contribution in [2.24, 2.45) is 0 Å². The van der Waals surface area contributed by atoms with Crippen molar-refractivity contribution in [3.8, 4) is 11.1 Å². The van der Waals surface area contributed by atoms with Crippen LogP contribution in [0.5, 0.6) is 0 Å². The van der Waals surface area contributed by atoms with Gasteiger partial charge in [0.25, 0.3) is 5.91 Å². The molecule has 0 bridgehead atoms. The first-order valence-corrected chi connectivity index (χ1v) is 17.1. The summed E-state index contributed by atoms with van der Waals surface area (Å²) in [5.74, 6) is -3.70. The van der Waals surface area contributed by atoms with E-state index in [0.717, 1.165) is 32.3 Å². The number of esters is 2. The van der Waals surface area contributed by atoms with Crippen LogP contribution in [0.4, 0.5) is 4.79 Å². The zero-order chi connectivity index (χ0) is 36.5. The first-order chi connectivity index (χ1) is 24.4. The maximum Gasteiger partial charge on any atom is 0.426 e. The van der Waals surface area contributed by atoms with E-state index in [1.807, 2.05) is 72.8 Å².